The number of benzene rings is 2. The fourth-order valence-corrected chi connectivity index (χ4v) is 2.08. The van der Waals surface area contributed by atoms with Crippen LogP contribution in [0.2, 0.25) is 5.02 Å². The first kappa shape index (κ1) is 15.5. The molecule has 0 unspecified atom stereocenters. The van der Waals surface area contributed by atoms with E-state index in [1.807, 2.05) is 24.3 Å². The lowest BCUT2D eigenvalue weighted by molar-refractivity contribution is 0.0696. The maximum atomic E-state index is 13.6. The minimum Gasteiger partial charge on any atom is -0.478 e. The molecule has 0 radical (unpaired) electrons. The van der Waals surface area contributed by atoms with E-state index in [9.17, 15) is 9.18 Å². The molecule has 2 rings (SSSR count). The molecule has 0 aliphatic rings. The molecular weight excluding hydrogens is 293 g/mol. The summed E-state index contributed by atoms with van der Waals surface area (Å²) in [6.45, 7) is 0.957. The average Bonchev–Trinajstić information content (AvgIpc) is 2.47. The first-order chi connectivity index (χ1) is 10.1. The van der Waals surface area contributed by atoms with E-state index in [1.54, 1.807) is 0 Å². The molecule has 2 N–H and O–H groups in total. The van der Waals surface area contributed by atoms with Gasteiger partial charge in [-0.15, -0.1) is 0 Å². The molecule has 5 heteroatoms. The zero-order valence-electron chi connectivity index (χ0n) is 11.3. The van der Waals surface area contributed by atoms with Crippen molar-refractivity contribution in [3.8, 4) is 0 Å². The van der Waals surface area contributed by atoms with Crippen molar-refractivity contribution in [2.24, 2.45) is 0 Å². The van der Waals surface area contributed by atoms with Gasteiger partial charge in [0.15, 0.2) is 0 Å². The Balaban J connectivity index is 1.87. The molecule has 0 heterocycles. The molecule has 0 fully saturated rings. The minimum absolute atomic E-state index is 0.0888. The van der Waals surface area contributed by atoms with E-state index in [1.165, 1.54) is 18.2 Å². The van der Waals surface area contributed by atoms with Crippen LogP contribution in [0.15, 0.2) is 42.5 Å². The summed E-state index contributed by atoms with van der Waals surface area (Å²) in [7, 11) is 0. The van der Waals surface area contributed by atoms with Crippen LogP contribution < -0.4 is 5.32 Å². The molecule has 110 valence electrons. The van der Waals surface area contributed by atoms with E-state index < -0.39 is 11.8 Å². The van der Waals surface area contributed by atoms with Crippen molar-refractivity contribution >= 4 is 17.6 Å². The van der Waals surface area contributed by atoms with Gasteiger partial charge < -0.3 is 10.4 Å². The third-order valence-electron chi connectivity index (χ3n) is 3.11. The fourth-order valence-electron chi connectivity index (χ4n) is 1.95. The second-order valence-electron chi connectivity index (χ2n) is 4.66. The summed E-state index contributed by atoms with van der Waals surface area (Å²) in [6, 6.07) is 11.3. The molecule has 0 aromatic heterocycles. The van der Waals surface area contributed by atoms with Crippen LogP contribution in [-0.4, -0.2) is 17.6 Å². The number of rotatable bonds is 6. The molecule has 2 aromatic rings. The van der Waals surface area contributed by atoms with Crippen molar-refractivity contribution in [1.29, 1.82) is 0 Å². The Kier molecular flexibility index (Phi) is 5.31. The number of nitrogens with one attached hydrogen (secondary N) is 1. The number of carbonyl (C=O) groups is 1. The number of hydrogen-bond acceptors (Lipinski definition) is 2. The molecule has 0 aliphatic carbocycles. The molecule has 0 saturated heterocycles. The third kappa shape index (κ3) is 4.55. The summed E-state index contributed by atoms with van der Waals surface area (Å²) in [6.07, 6.45) is 0.789. The van der Waals surface area contributed by atoms with Crippen LogP contribution in [0.3, 0.4) is 0 Å². The van der Waals surface area contributed by atoms with Gasteiger partial charge in [-0.25, -0.2) is 9.18 Å². The zero-order chi connectivity index (χ0) is 15.2. The van der Waals surface area contributed by atoms with Crippen molar-refractivity contribution in [2.45, 2.75) is 13.0 Å². The van der Waals surface area contributed by atoms with E-state index in [0.29, 0.717) is 23.7 Å². The number of carboxylic acid groups (broad SMARTS) is 1. The van der Waals surface area contributed by atoms with Gasteiger partial charge in [-0.3, -0.25) is 0 Å². The van der Waals surface area contributed by atoms with Crippen molar-refractivity contribution in [2.75, 3.05) is 6.54 Å². The Morgan fingerprint density at radius 2 is 1.90 bits per heavy atom. The van der Waals surface area contributed by atoms with E-state index in [0.717, 1.165) is 12.0 Å². The fraction of sp³-hybridized carbons (Fsp3) is 0.188. The standard InChI is InChI=1S/C16H15ClFNO2/c17-14-4-1-11(2-5-14)7-8-19-10-13-9-12(16(20)21)3-6-15(13)18/h1-6,9,19H,7-8,10H2,(H,20,21). The predicted octanol–water partition coefficient (Wildman–Crippen LogP) is 3.51. The number of halogens is 2. The van der Waals surface area contributed by atoms with Gasteiger partial charge in [-0.05, 0) is 48.9 Å². The zero-order valence-corrected chi connectivity index (χ0v) is 12.0. The summed E-state index contributed by atoms with van der Waals surface area (Å²) in [4.78, 5) is 10.9. The van der Waals surface area contributed by atoms with Gasteiger partial charge in [0.05, 0.1) is 5.56 Å². The SMILES string of the molecule is O=C(O)c1ccc(F)c(CNCCc2ccc(Cl)cc2)c1. The van der Waals surface area contributed by atoms with Gasteiger partial charge in [-0.2, -0.15) is 0 Å². The van der Waals surface area contributed by atoms with Crippen LogP contribution in [-0.2, 0) is 13.0 Å². The summed E-state index contributed by atoms with van der Waals surface area (Å²) in [5.41, 5.74) is 1.57. The van der Waals surface area contributed by atoms with Crippen molar-refractivity contribution in [1.82, 2.24) is 5.32 Å². The molecule has 21 heavy (non-hydrogen) atoms. The monoisotopic (exact) mass is 307 g/mol. The summed E-state index contributed by atoms with van der Waals surface area (Å²) >= 11 is 5.81. The molecule has 2 aromatic carbocycles. The second-order valence-corrected chi connectivity index (χ2v) is 5.10. The highest BCUT2D eigenvalue weighted by molar-refractivity contribution is 6.30. The van der Waals surface area contributed by atoms with E-state index >= 15 is 0 Å². The van der Waals surface area contributed by atoms with Gasteiger partial charge >= 0.3 is 5.97 Å². The lowest BCUT2D eigenvalue weighted by Gasteiger charge is -2.07. The topological polar surface area (TPSA) is 49.3 Å². The molecule has 3 nitrogen and oxygen atoms in total. The largest absolute Gasteiger partial charge is 0.478 e. The number of carboxylic acids is 1. The maximum absolute atomic E-state index is 13.6. The highest BCUT2D eigenvalue weighted by atomic mass is 35.5. The number of hydrogen-bond donors (Lipinski definition) is 2. The smallest absolute Gasteiger partial charge is 0.335 e. The Morgan fingerprint density at radius 1 is 1.19 bits per heavy atom. The summed E-state index contributed by atoms with van der Waals surface area (Å²) in [5, 5.41) is 12.7. The van der Waals surface area contributed by atoms with E-state index in [4.69, 9.17) is 16.7 Å². The average molecular weight is 308 g/mol. The quantitative estimate of drug-likeness (QED) is 0.803. The van der Waals surface area contributed by atoms with Crippen LogP contribution in [0.4, 0.5) is 4.39 Å². The first-order valence-corrected chi connectivity index (χ1v) is 6.91. The molecule has 0 atom stereocenters. The lowest BCUT2D eigenvalue weighted by atomic mass is 10.1. The summed E-state index contributed by atoms with van der Waals surface area (Å²) < 4.78 is 13.6. The van der Waals surface area contributed by atoms with E-state index in [-0.39, 0.29) is 5.56 Å². The Bertz CT molecular complexity index is 629. The Morgan fingerprint density at radius 3 is 2.57 bits per heavy atom. The van der Waals surface area contributed by atoms with Crippen molar-refractivity contribution in [3.05, 3.63) is 70.0 Å². The first-order valence-electron chi connectivity index (χ1n) is 6.53. The van der Waals surface area contributed by atoms with Crippen LogP contribution in [0, 0.1) is 5.82 Å². The predicted molar refractivity (Wildman–Crippen MR) is 80.2 cm³/mol. The molecular formula is C16H15ClFNO2. The van der Waals surface area contributed by atoms with Gasteiger partial charge in [-0.1, -0.05) is 23.7 Å². The van der Waals surface area contributed by atoms with Crippen LogP contribution in [0.1, 0.15) is 21.5 Å². The maximum Gasteiger partial charge on any atom is 0.335 e. The third-order valence-corrected chi connectivity index (χ3v) is 3.36. The van der Waals surface area contributed by atoms with Crippen molar-refractivity contribution < 1.29 is 14.3 Å². The van der Waals surface area contributed by atoms with Crippen molar-refractivity contribution in [3.63, 3.8) is 0 Å². The Hall–Kier alpha value is -1.91. The van der Waals surface area contributed by atoms with Gasteiger partial charge in [0, 0.05) is 17.1 Å². The lowest BCUT2D eigenvalue weighted by Crippen LogP contribution is -2.18. The van der Waals surface area contributed by atoms with Gasteiger partial charge in [0.2, 0.25) is 0 Å². The molecule has 0 aliphatic heterocycles. The van der Waals surface area contributed by atoms with E-state index in [2.05, 4.69) is 5.32 Å². The van der Waals surface area contributed by atoms with Crippen LogP contribution in [0.25, 0.3) is 0 Å². The van der Waals surface area contributed by atoms with Gasteiger partial charge in [0.1, 0.15) is 5.82 Å². The highest BCUT2D eigenvalue weighted by Gasteiger charge is 2.07. The van der Waals surface area contributed by atoms with Crippen LogP contribution >= 0.6 is 11.6 Å². The molecule has 0 amide bonds. The molecule has 0 saturated carbocycles. The Labute approximate surface area is 127 Å². The van der Waals surface area contributed by atoms with Gasteiger partial charge in [0.25, 0.3) is 0 Å². The van der Waals surface area contributed by atoms with Crippen LogP contribution in [0.5, 0.6) is 0 Å². The second kappa shape index (κ2) is 7.20. The normalized spacial score (nSPS) is 10.6. The summed E-state index contributed by atoms with van der Waals surface area (Å²) in [5.74, 6) is -1.46. The molecule has 0 spiro atoms. The minimum atomic E-state index is -1.06. The number of aromatic carboxylic acids is 1. The highest BCUT2D eigenvalue weighted by Crippen LogP contribution is 2.11. The molecule has 0 bridgehead atoms.